The van der Waals surface area contributed by atoms with Gasteiger partial charge in [0.05, 0.1) is 42.3 Å². The van der Waals surface area contributed by atoms with Gasteiger partial charge in [0, 0.05) is 11.6 Å². The van der Waals surface area contributed by atoms with Gasteiger partial charge in [-0.2, -0.15) is 0 Å². The lowest BCUT2D eigenvalue weighted by Gasteiger charge is -2.51. The Bertz CT molecular complexity index is 1990. The minimum Gasteiger partial charge on any atom is -0.466 e. The van der Waals surface area contributed by atoms with Gasteiger partial charge < -0.3 is 9.47 Å². The van der Waals surface area contributed by atoms with E-state index >= 15 is 0 Å². The minimum absolute atomic E-state index is 0.0669. The summed E-state index contributed by atoms with van der Waals surface area (Å²) < 4.78 is 40.8. The number of carbonyl (C=O) groups is 3. The van der Waals surface area contributed by atoms with E-state index in [1.807, 2.05) is 13.0 Å². The summed E-state index contributed by atoms with van der Waals surface area (Å²) in [5, 5.41) is 0. The highest BCUT2D eigenvalue weighted by Crippen LogP contribution is 2.51. The van der Waals surface area contributed by atoms with Crippen molar-refractivity contribution >= 4 is 39.3 Å². The topological polar surface area (TPSA) is 110 Å². The van der Waals surface area contributed by atoms with Crippen molar-refractivity contribution in [2.45, 2.75) is 23.9 Å². The summed E-state index contributed by atoms with van der Waals surface area (Å²) in [6.07, 6.45) is 1.75. The predicted molar refractivity (Wildman–Crippen MR) is 176 cm³/mol. The van der Waals surface area contributed by atoms with Gasteiger partial charge in [0.1, 0.15) is 0 Å². The van der Waals surface area contributed by atoms with E-state index in [9.17, 15) is 22.8 Å². The summed E-state index contributed by atoms with van der Waals surface area (Å²) in [6, 6.07) is 29.4. The van der Waals surface area contributed by atoms with Crippen molar-refractivity contribution in [2.75, 3.05) is 19.1 Å². The molecule has 2 amide bonds. The first-order valence-corrected chi connectivity index (χ1v) is 16.4. The number of carbonyl (C=O) groups excluding carboxylic acids is 3. The highest BCUT2D eigenvalue weighted by Gasteiger charge is 2.57. The van der Waals surface area contributed by atoms with Gasteiger partial charge in [-0.1, -0.05) is 103 Å². The first kappa shape index (κ1) is 31.5. The third-order valence-corrected chi connectivity index (χ3v) is 10.3. The molecular formula is C37H32N2O7S. The van der Waals surface area contributed by atoms with Crippen LogP contribution in [0.4, 0.5) is 10.5 Å². The fraction of sp³-hybridized carbons (Fsp3) is 0.162. The Hall–Kier alpha value is -5.48. The van der Waals surface area contributed by atoms with Crippen LogP contribution >= 0.6 is 0 Å². The van der Waals surface area contributed by atoms with Crippen molar-refractivity contribution in [3.63, 3.8) is 0 Å². The molecule has 2 aliphatic rings. The molecule has 238 valence electrons. The van der Waals surface area contributed by atoms with Gasteiger partial charge in [0.15, 0.2) is 0 Å². The quantitative estimate of drug-likeness (QED) is 0.223. The Morgan fingerprint density at radius 3 is 1.85 bits per heavy atom. The Morgan fingerprint density at radius 1 is 0.723 bits per heavy atom. The molecule has 6 rings (SSSR count). The zero-order chi connectivity index (χ0) is 33.3. The van der Waals surface area contributed by atoms with Crippen molar-refractivity contribution in [3.8, 4) is 0 Å². The van der Waals surface area contributed by atoms with Crippen LogP contribution in [-0.2, 0) is 29.1 Å². The Morgan fingerprint density at radius 2 is 1.28 bits per heavy atom. The van der Waals surface area contributed by atoms with Crippen molar-refractivity contribution in [2.24, 2.45) is 5.92 Å². The standard InChI is InChI=1S/C37H32N2O7S/c1-24-19-21-28(22-20-24)47(43,44)39-34(26-15-9-5-10-16-26)32-30(38(37(39)42)27-17-11-6-12-18-27)23-29(25-13-7-4-8-14-25)31(35(40)45-2)33(32)36(41)46-3/h4-23,30,32,34H,1-3H3/t30-,32-,34-/m1/s1. The number of rotatable bonds is 7. The van der Waals surface area contributed by atoms with Crippen LogP contribution in [0.25, 0.3) is 5.57 Å². The molecule has 47 heavy (non-hydrogen) atoms. The van der Waals surface area contributed by atoms with E-state index < -0.39 is 46.0 Å². The van der Waals surface area contributed by atoms with Gasteiger partial charge in [-0.15, -0.1) is 0 Å². The van der Waals surface area contributed by atoms with Crippen LogP contribution in [0.1, 0.15) is 22.7 Å². The zero-order valence-corrected chi connectivity index (χ0v) is 26.8. The summed E-state index contributed by atoms with van der Waals surface area (Å²) in [4.78, 5) is 43.9. The Balaban J connectivity index is 1.73. The molecule has 1 aliphatic heterocycles. The molecule has 1 heterocycles. The van der Waals surface area contributed by atoms with E-state index in [1.165, 1.54) is 31.3 Å². The maximum absolute atomic E-state index is 14.9. The maximum atomic E-state index is 14.9. The fourth-order valence-corrected chi connectivity index (χ4v) is 7.94. The predicted octanol–water partition coefficient (Wildman–Crippen LogP) is 6.09. The fourth-order valence-electron chi connectivity index (χ4n) is 6.39. The second-order valence-electron chi connectivity index (χ2n) is 11.2. The molecule has 0 aromatic heterocycles. The summed E-state index contributed by atoms with van der Waals surface area (Å²) in [6.45, 7) is 1.83. The van der Waals surface area contributed by atoms with Gasteiger partial charge in [0.25, 0.3) is 10.0 Å². The Kier molecular flexibility index (Phi) is 8.53. The van der Waals surface area contributed by atoms with Crippen molar-refractivity contribution in [3.05, 3.63) is 149 Å². The number of urea groups is 1. The zero-order valence-electron chi connectivity index (χ0n) is 25.9. The normalized spacial score (nSPS) is 19.5. The smallest absolute Gasteiger partial charge is 0.339 e. The first-order valence-electron chi connectivity index (χ1n) is 14.9. The number of aryl methyl sites for hydroxylation is 1. The molecule has 3 atom stereocenters. The van der Waals surface area contributed by atoms with Gasteiger partial charge in [-0.25, -0.2) is 27.1 Å². The van der Waals surface area contributed by atoms with E-state index in [1.54, 1.807) is 103 Å². The number of esters is 2. The second kappa shape index (κ2) is 12.7. The number of sulfonamides is 1. The molecule has 4 aromatic rings. The highest BCUT2D eigenvalue weighted by atomic mass is 32.2. The number of fused-ring (bicyclic) bond motifs is 1. The molecular weight excluding hydrogens is 616 g/mol. The van der Waals surface area contributed by atoms with Crippen molar-refractivity contribution < 1.29 is 32.3 Å². The number of amides is 2. The van der Waals surface area contributed by atoms with E-state index in [2.05, 4.69) is 0 Å². The van der Waals surface area contributed by atoms with Crippen LogP contribution in [0.3, 0.4) is 0 Å². The third kappa shape index (κ3) is 5.50. The molecule has 9 nitrogen and oxygen atoms in total. The molecule has 0 bridgehead atoms. The highest BCUT2D eigenvalue weighted by molar-refractivity contribution is 7.89. The summed E-state index contributed by atoms with van der Waals surface area (Å²) in [5.41, 5.74) is 2.47. The molecule has 0 radical (unpaired) electrons. The lowest BCUT2D eigenvalue weighted by Crippen LogP contribution is -2.63. The molecule has 0 saturated carbocycles. The van der Waals surface area contributed by atoms with E-state index in [0.29, 0.717) is 22.4 Å². The van der Waals surface area contributed by atoms with Crippen LogP contribution < -0.4 is 4.90 Å². The number of anilines is 1. The molecule has 0 N–H and O–H groups in total. The lowest BCUT2D eigenvalue weighted by atomic mass is 9.71. The summed E-state index contributed by atoms with van der Waals surface area (Å²) in [5.74, 6) is -2.76. The molecule has 1 aliphatic carbocycles. The van der Waals surface area contributed by atoms with E-state index in [4.69, 9.17) is 9.47 Å². The molecule has 4 aromatic carbocycles. The van der Waals surface area contributed by atoms with Crippen LogP contribution in [0, 0.1) is 12.8 Å². The summed E-state index contributed by atoms with van der Waals surface area (Å²) in [7, 11) is -2.14. The first-order chi connectivity index (χ1) is 22.7. The second-order valence-corrected chi connectivity index (χ2v) is 13.0. The number of benzene rings is 4. The van der Waals surface area contributed by atoms with Gasteiger partial charge in [0.2, 0.25) is 0 Å². The van der Waals surface area contributed by atoms with Gasteiger partial charge in [-0.05, 0) is 47.9 Å². The van der Waals surface area contributed by atoms with Crippen LogP contribution in [0.2, 0.25) is 0 Å². The van der Waals surface area contributed by atoms with Crippen molar-refractivity contribution in [1.29, 1.82) is 0 Å². The summed E-state index contributed by atoms with van der Waals surface area (Å²) >= 11 is 0. The lowest BCUT2D eigenvalue weighted by molar-refractivity contribution is -0.139. The number of ether oxygens (including phenoxy) is 2. The molecule has 1 fully saturated rings. The average Bonchev–Trinajstić information content (AvgIpc) is 3.10. The number of hydrogen-bond acceptors (Lipinski definition) is 7. The molecule has 10 heteroatoms. The van der Waals surface area contributed by atoms with Crippen LogP contribution in [0.5, 0.6) is 0 Å². The van der Waals surface area contributed by atoms with Crippen LogP contribution in [0.15, 0.2) is 137 Å². The largest absolute Gasteiger partial charge is 0.466 e. The monoisotopic (exact) mass is 648 g/mol. The van der Waals surface area contributed by atoms with Gasteiger partial charge >= 0.3 is 18.0 Å². The molecule has 0 spiro atoms. The Labute approximate surface area is 273 Å². The van der Waals surface area contributed by atoms with E-state index in [0.717, 1.165) is 9.87 Å². The van der Waals surface area contributed by atoms with E-state index in [-0.39, 0.29) is 16.0 Å². The maximum Gasteiger partial charge on any atom is 0.339 e. The number of para-hydroxylation sites is 1. The van der Waals surface area contributed by atoms with Crippen LogP contribution in [-0.4, -0.2) is 51.0 Å². The molecule has 1 saturated heterocycles. The average molecular weight is 649 g/mol. The molecule has 0 unspecified atom stereocenters. The number of methoxy groups -OCH3 is 2. The number of nitrogens with zero attached hydrogens (tertiary/aromatic N) is 2. The SMILES string of the molecule is COC(=O)C1=C(C(=O)OC)[C@H]2[C@@H](C=C1c1ccccc1)N(c1ccccc1)C(=O)N(S(=O)(=O)c1ccc(C)cc1)[C@@H]2c1ccccc1. The third-order valence-electron chi connectivity index (χ3n) is 8.50. The van der Waals surface area contributed by atoms with Gasteiger partial charge in [-0.3, -0.25) is 4.90 Å². The number of hydrogen-bond donors (Lipinski definition) is 0. The minimum atomic E-state index is -4.55. The van der Waals surface area contributed by atoms with Crippen molar-refractivity contribution in [1.82, 2.24) is 4.31 Å².